The van der Waals surface area contributed by atoms with Crippen LogP contribution in [0, 0.1) is 50.2 Å². The molecule has 2 heterocycles. The van der Waals surface area contributed by atoms with Crippen LogP contribution in [0.5, 0.6) is 0 Å². The van der Waals surface area contributed by atoms with Gasteiger partial charge in [-0.1, -0.05) is 81.6 Å². The number of nitrogens with zero attached hydrogens (tertiary/aromatic N) is 4. The van der Waals surface area contributed by atoms with Crippen molar-refractivity contribution in [2.24, 2.45) is 50.6 Å². The van der Waals surface area contributed by atoms with Crippen molar-refractivity contribution >= 4 is 18.1 Å². The van der Waals surface area contributed by atoms with Gasteiger partial charge in [0.15, 0.2) is 0 Å². The molecule has 2 aromatic heterocycles. The second-order valence-electron chi connectivity index (χ2n) is 20.7. The summed E-state index contributed by atoms with van der Waals surface area (Å²) in [5.41, 5.74) is 12.3. The van der Waals surface area contributed by atoms with Gasteiger partial charge in [0.1, 0.15) is 18.4 Å². The molecule has 4 saturated carbocycles. The van der Waals surface area contributed by atoms with Gasteiger partial charge in [-0.15, -0.1) is 0 Å². The molecule has 0 aromatic carbocycles. The highest BCUT2D eigenvalue weighted by atomic mass is 16.4. The van der Waals surface area contributed by atoms with Crippen LogP contribution in [0.3, 0.4) is 0 Å². The van der Waals surface area contributed by atoms with Crippen molar-refractivity contribution < 1.29 is 14.7 Å². The number of hydrogen-bond donors (Lipinski definition) is 3. The van der Waals surface area contributed by atoms with E-state index in [1.54, 1.807) is 12.7 Å². The van der Waals surface area contributed by atoms with Crippen LogP contribution in [-0.4, -0.2) is 43.1 Å². The number of fused-ring (bicyclic) bond motifs is 6. The monoisotopic (exact) mass is 759 g/mol. The van der Waals surface area contributed by atoms with Crippen LogP contribution < -0.4 is 5.73 Å². The van der Waals surface area contributed by atoms with Gasteiger partial charge in [-0.25, -0.2) is 19.9 Å². The average Bonchev–Trinajstić information content (AvgIpc) is 3.07. The Morgan fingerprint density at radius 2 is 1.20 bits per heavy atom. The number of carboxylic acids is 1. The zero-order chi connectivity index (χ0) is 40.9. The number of nitrogens with one attached hydrogen (secondary N) is 1. The molecule has 0 bridgehead atoms. The maximum atomic E-state index is 11.5. The number of ketones is 1. The number of Topliss-reactive ketones (excluding diaryl/α,β-unsaturated/α-hetero) is 1. The van der Waals surface area contributed by atoms with Crippen LogP contribution in [0.4, 0.5) is 0 Å². The van der Waals surface area contributed by atoms with E-state index in [0.717, 1.165) is 56.7 Å². The molecule has 4 fully saturated rings. The molecular weight excluding hydrogens is 685 g/mol. The molecule has 9 nitrogen and oxygen atoms in total. The molecule has 0 spiro atoms. The first-order valence-corrected chi connectivity index (χ1v) is 21.1. The second-order valence-corrected chi connectivity index (χ2v) is 20.7. The zero-order valence-corrected chi connectivity index (χ0v) is 36.1. The number of aryl methyl sites for hydroxylation is 1. The van der Waals surface area contributed by atoms with E-state index in [1.165, 1.54) is 99.6 Å². The topological polar surface area (TPSA) is 156 Å². The molecule has 306 valence electrons. The first-order valence-electron chi connectivity index (χ1n) is 21.1. The summed E-state index contributed by atoms with van der Waals surface area (Å²) in [5.74, 6) is 2.02. The number of carboxylic acid groups (broad SMARTS) is 1. The molecular formula is C46H74N6O3. The van der Waals surface area contributed by atoms with Crippen molar-refractivity contribution in [3.63, 3.8) is 0 Å². The summed E-state index contributed by atoms with van der Waals surface area (Å²) in [6, 6.07) is 0. The first kappa shape index (κ1) is 44.5. The summed E-state index contributed by atoms with van der Waals surface area (Å²) >= 11 is 0. The lowest BCUT2D eigenvalue weighted by molar-refractivity contribution is -0.134. The van der Waals surface area contributed by atoms with Crippen molar-refractivity contribution in [3.8, 4) is 0 Å². The van der Waals surface area contributed by atoms with Crippen molar-refractivity contribution in [3.05, 3.63) is 47.6 Å². The van der Waals surface area contributed by atoms with Gasteiger partial charge in [-0.2, -0.15) is 0 Å². The predicted molar refractivity (Wildman–Crippen MR) is 222 cm³/mol. The highest BCUT2D eigenvalue weighted by molar-refractivity contribution is 5.80. The van der Waals surface area contributed by atoms with Gasteiger partial charge in [-0.05, 0) is 127 Å². The minimum absolute atomic E-state index is 0.290. The number of hydrogen-bond acceptors (Lipinski definition) is 7. The fraction of sp³-hybridized carbons (Fsp3) is 0.761. The number of carbonyl (C=O) groups is 2. The number of carbonyl (C=O) groups excluding carboxylic acids is 1. The Morgan fingerprint density at radius 3 is 1.80 bits per heavy atom. The van der Waals surface area contributed by atoms with Crippen LogP contribution in [0.2, 0.25) is 0 Å². The van der Waals surface area contributed by atoms with Crippen LogP contribution in [-0.2, 0) is 34.3 Å². The lowest BCUT2D eigenvalue weighted by Crippen LogP contribution is -2.48. The highest BCUT2D eigenvalue weighted by Gasteiger charge is 2.52. The zero-order valence-electron chi connectivity index (χ0n) is 36.1. The Balaban J connectivity index is 0.000000170. The van der Waals surface area contributed by atoms with Gasteiger partial charge in [0.2, 0.25) is 0 Å². The van der Waals surface area contributed by atoms with Gasteiger partial charge in [0.05, 0.1) is 12.0 Å². The van der Waals surface area contributed by atoms with Gasteiger partial charge in [0, 0.05) is 43.3 Å². The predicted octanol–water partition coefficient (Wildman–Crippen LogP) is 10.1. The van der Waals surface area contributed by atoms with E-state index in [-0.39, 0.29) is 5.41 Å². The SMILES string of the molecule is CC(=O)O.CC1(C)CCCC2(C)CC(=O)CCC12.CC1(C)CCCC2(C)Cc3ncncc3CC12.CC1(C)CCCC2(C)c3ncncc3CCC12.N=CN. The lowest BCUT2D eigenvalue weighted by Gasteiger charge is -2.53. The van der Waals surface area contributed by atoms with Crippen LogP contribution in [0.25, 0.3) is 0 Å². The maximum Gasteiger partial charge on any atom is 0.300 e. The molecule has 6 aliphatic carbocycles. The van der Waals surface area contributed by atoms with E-state index in [2.05, 4.69) is 88.0 Å². The van der Waals surface area contributed by atoms with Crippen molar-refractivity contribution in [2.45, 2.75) is 177 Å². The number of nitrogens with two attached hydrogens (primary N) is 1. The van der Waals surface area contributed by atoms with E-state index in [0.29, 0.717) is 32.9 Å². The normalized spacial score (nSPS) is 32.9. The third-order valence-electron chi connectivity index (χ3n) is 15.2. The lowest BCUT2D eigenvalue weighted by atomic mass is 9.51. The molecule has 6 unspecified atom stereocenters. The first-order chi connectivity index (χ1) is 25.6. The fourth-order valence-corrected chi connectivity index (χ4v) is 12.8. The van der Waals surface area contributed by atoms with Gasteiger partial charge in [0.25, 0.3) is 5.97 Å². The van der Waals surface area contributed by atoms with Gasteiger partial charge < -0.3 is 10.8 Å². The van der Waals surface area contributed by atoms with Crippen LogP contribution >= 0.6 is 0 Å². The molecule has 0 amide bonds. The summed E-state index contributed by atoms with van der Waals surface area (Å²) in [7, 11) is 0. The number of rotatable bonds is 0. The largest absolute Gasteiger partial charge is 0.481 e. The van der Waals surface area contributed by atoms with E-state index in [9.17, 15) is 4.79 Å². The molecule has 0 saturated heterocycles. The summed E-state index contributed by atoms with van der Waals surface area (Å²) < 4.78 is 0. The van der Waals surface area contributed by atoms with E-state index >= 15 is 0 Å². The standard InChI is InChI=1S/2C15H22N2.C13H22O.C2H4O2.CH4N2/c1-14(2)7-4-8-15(3)12(14)6-5-11-9-16-10-17-13(11)15;1-14(2)5-4-6-15(3)8-12-11(7-13(14)15)9-16-10-17-12;1-12(2)7-4-8-13(3)9-10(14)5-6-11(12)13;1-2(3)4;2-1-3/h9-10,12H,4-8H2,1-3H3;9-10,13H,4-8H2,1-3H3;11H,4-9H2,1-3H3;1H3,(H,3,4);1H,(H3,2,3). The fourth-order valence-electron chi connectivity index (χ4n) is 12.8. The Morgan fingerprint density at radius 1 is 0.727 bits per heavy atom. The highest BCUT2D eigenvalue weighted by Crippen LogP contribution is 2.58. The molecule has 4 N–H and O–H groups in total. The van der Waals surface area contributed by atoms with Gasteiger partial charge in [-0.3, -0.25) is 15.0 Å². The Hall–Kier alpha value is -3.23. The third kappa shape index (κ3) is 10.2. The second kappa shape index (κ2) is 17.5. The van der Waals surface area contributed by atoms with Crippen molar-refractivity contribution in [1.82, 2.24) is 19.9 Å². The molecule has 0 aliphatic heterocycles. The summed E-state index contributed by atoms with van der Waals surface area (Å²) in [5, 5.41) is 13.3. The van der Waals surface area contributed by atoms with E-state index in [4.69, 9.17) is 15.3 Å². The average molecular weight is 759 g/mol. The maximum absolute atomic E-state index is 11.5. The Kier molecular flexibility index (Phi) is 14.2. The Bertz CT molecular complexity index is 1620. The number of aliphatic carboxylic acids is 1. The summed E-state index contributed by atoms with van der Waals surface area (Å²) in [6.07, 6.45) is 27.9. The summed E-state index contributed by atoms with van der Waals surface area (Å²) in [6.45, 7) is 22.9. The molecule has 6 atom stereocenters. The molecule has 55 heavy (non-hydrogen) atoms. The molecule has 9 heteroatoms. The minimum atomic E-state index is -0.833. The molecule has 8 rings (SSSR count). The molecule has 6 aliphatic rings. The minimum Gasteiger partial charge on any atom is -0.481 e. The quantitative estimate of drug-likeness (QED) is 0.177. The van der Waals surface area contributed by atoms with Crippen LogP contribution in [0.15, 0.2) is 25.0 Å². The van der Waals surface area contributed by atoms with Crippen molar-refractivity contribution in [1.29, 1.82) is 5.41 Å². The molecule has 2 aromatic rings. The Labute approximate surface area is 332 Å². The third-order valence-corrected chi connectivity index (χ3v) is 15.2. The van der Waals surface area contributed by atoms with Crippen LogP contribution in [0.1, 0.15) is 175 Å². The van der Waals surface area contributed by atoms with Gasteiger partial charge >= 0.3 is 0 Å². The smallest absolute Gasteiger partial charge is 0.300 e. The molecule has 0 radical (unpaired) electrons. The van der Waals surface area contributed by atoms with E-state index in [1.807, 2.05) is 12.4 Å². The number of aromatic nitrogens is 4. The summed E-state index contributed by atoms with van der Waals surface area (Å²) in [4.78, 5) is 38.0. The van der Waals surface area contributed by atoms with Crippen molar-refractivity contribution in [2.75, 3.05) is 0 Å². The van der Waals surface area contributed by atoms with E-state index < -0.39 is 5.97 Å².